The molecule has 20 heavy (non-hydrogen) atoms. The molecule has 1 aliphatic rings. The first kappa shape index (κ1) is 14.6. The number of fused-ring (bicyclic) bond motifs is 1. The highest BCUT2D eigenvalue weighted by Crippen LogP contribution is 2.23. The van der Waals surface area contributed by atoms with Gasteiger partial charge in [0.25, 0.3) is 6.01 Å². The van der Waals surface area contributed by atoms with Crippen molar-refractivity contribution in [2.75, 3.05) is 38.2 Å². The molecule has 0 unspecified atom stereocenters. The Balaban J connectivity index is 0.00000147. The van der Waals surface area contributed by atoms with Gasteiger partial charge in [-0.2, -0.15) is 4.98 Å². The molecule has 0 saturated carbocycles. The van der Waals surface area contributed by atoms with Crippen LogP contribution in [0.4, 0.5) is 6.01 Å². The molecule has 0 amide bonds. The molecule has 1 aromatic heterocycles. The second-order valence-electron chi connectivity index (χ2n) is 4.41. The minimum atomic E-state index is -0.373. The maximum atomic E-state index is 11.5. The van der Waals surface area contributed by atoms with Crippen LogP contribution in [0.15, 0.2) is 22.6 Å². The molecule has 0 aliphatic carbocycles. The van der Waals surface area contributed by atoms with Crippen LogP contribution in [0, 0.1) is 0 Å². The number of carbonyl (C=O) groups is 1. The van der Waals surface area contributed by atoms with E-state index in [2.05, 4.69) is 19.9 Å². The van der Waals surface area contributed by atoms with Gasteiger partial charge >= 0.3 is 5.97 Å². The predicted molar refractivity (Wildman–Crippen MR) is 77.7 cm³/mol. The van der Waals surface area contributed by atoms with Crippen LogP contribution in [-0.4, -0.2) is 44.2 Å². The van der Waals surface area contributed by atoms with E-state index in [-0.39, 0.29) is 18.4 Å². The summed E-state index contributed by atoms with van der Waals surface area (Å²) in [5.74, 6) is -0.373. The summed E-state index contributed by atoms with van der Waals surface area (Å²) in [6.07, 6.45) is 0. The van der Waals surface area contributed by atoms with Crippen LogP contribution in [0.1, 0.15) is 10.4 Å². The highest BCUT2D eigenvalue weighted by atomic mass is 35.5. The Labute approximate surface area is 122 Å². The van der Waals surface area contributed by atoms with Gasteiger partial charge in [-0.3, -0.25) is 0 Å². The maximum absolute atomic E-state index is 11.5. The van der Waals surface area contributed by atoms with E-state index in [0.717, 1.165) is 31.7 Å². The summed E-state index contributed by atoms with van der Waals surface area (Å²) in [4.78, 5) is 18.0. The van der Waals surface area contributed by atoms with Gasteiger partial charge in [0.1, 0.15) is 5.52 Å². The number of hydrogen-bond donors (Lipinski definition) is 1. The molecule has 7 heteroatoms. The fourth-order valence-corrected chi connectivity index (χ4v) is 2.15. The summed E-state index contributed by atoms with van der Waals surface area (Å²) >= 11 is 0. The fraction of sp³-hybridized carbons (Fsp3) is 0.385. The molecule has 3 rings (SSSR count). The van der Waals surface area contributed by atoms with E-state index in [0.29, 0.717) is 17.2 Å². The van der Waals surface area contributed by atoms with Gasteiger partial charge in [-0.15, -0.1) is 12.4 Å². The summed E-state index contributed by atoms with van der Waals surface area (Å²) < 4.78 is 10.4. The van der Waals surface area contributed by atoms with Gasteiger partial charge in [0, 0.05) is 26.2 Å². The van der Waals surface area contributed by atoms with E-state index in [1.807, 2.05) is 0 Å². The maximum Gasteiger partial charge on any atom is 0.337 e. The number of carbonyl (C=O) groups excluding carboxylic acids is 1. The number of anilines is 1. The second kappa shape index (κ2) is 6.11. The lowest BCUT2D eigenvalue weighted by Gasteiger charge is -2.25. The van der Waals surface area contributed by atoms with E-state index in [9.17, 15) is 4.79 Å². The predicted octanol–water partition coefficient (Wildman–Crippen LogP) is 1.45. The second-order valence-corrected chi connectivity index (χ2v) is 4.41. The molecule has 1 N–H and O–H groups in total. The normalized spacial score (nSPS) is 14.9. The third-order valence-electron chi connectivity index (χ3n) is 3.19. The van der Waals surface area contributed by atoms with Gasteiger partial charge in [-0.25, -0.2) is 4.79 Å². The zero-order valence-electron chi connectivity index (χ0n) is 11.1. The Bertz CT molecular complexity index is 608. The molecular weight excluding hydrogens is 282 g/mol. The third kappa shape index (κ3) is 2.71. The lowest BCUT2D eigenvalue weighted by Crippen LogP contribution is -2.43. The van der Waals surface area contributed by atoms with Crippen LogP contribution in [0.25, 0.3) is 11.1 Å². The number of nitrogens with zero attached hydrogens (tertiary/aromatic N) is 2. The highest BCUT2D eigenvalue weighted by molar-refractivity contribution is 5.93. The topological polar surface area (TPSA) is 67.6 Å². The van der Waals surface area contributed by atoms with Crippen LogP contribution in [0.3, 0.4) is 0 Å². The number of rotatable bonds is 2. The number of nitrogens with one attached hydrogen (secondary N) is 1. The minimum Gasteiger partial charge on any atom is -0.465 e. The van der Waals surface area contributed by atoms with E-state index < -0.39 is 0 Å². The smallest absolute Gasteiger partial charge is 0.337 e. The molecule has 1 fully saturated rings. The highest BCUT2D eigenvalue weighted by Gasteiger charge is 2.17. The van der Waals surface area contributed by atoms with Crippen LogP contribution in [0.2, 0.25) is 0 Å². The number of piperazine rings is 1. The summed E-state index contributed by atoms with van der Waals surface area (Å²) in [6.45, 7) is 3.59. The molecule has 1 saturated heterocycles. The number of hydrogen-bond acceptors (Lipinski definition) is 6. The fourth-order valence-electron chi connectivity index (χ4n) is 2.15. The van der Waals surface area contributed by atoms with Crippen molar-refractivity contribution in [3.05, 3.63) is 23.8 Å². The number of halogens is 1. The summed E-state index contributed by atoms with van der Waals surface area (Å²) in [6, 6.07) is 5.74. The number of methoxy groups -OCH3 is 1. The van der Waals surface area contributed by atoms with Crippen LogP contribution >= 0.6 is 12.4 Å². The van der Waals surface area contributed by atoms with Gasteiger partial charge in [0.15, 0.2) is 5.58 Å². The molecule has 6 nitrogen and oxygen atoms in total. The molecule has 2 heterocycles. The van der Waals surface area contributed by atoms with Crippen molar-refractivity contribution in [3.63, 3.8) is 0 Å². The van der Waals surface area contributed by atoms with Crippen molar-refractivity contribution >= 4 is 35.5 Å². The Morgan fingerprint density at radius 2 is 2.15 bits per heavy atom. The first-order chi connectivity index (χ1) is 9.28. The number of aromatic nitrogens is 1. The molecule has 0 spiro atoms. The number of oxazole rings is 1. The van der Waals surface area contributed by atoms with Crippen LogP contribution < -0.4 is 10.2 Å². The Morgan fingerprint density at radius 1 is 1.40 bits per heavy atom. The number of benzene rings is 1. The van der Waals surface area contributed by atoms with E-state index in [1.165, 1.54) is 7.11 Å². The molecule has 1 aromatic carbocycles. The van der Waals surface area contributed by atoms with Gasteiger partial charge in [0.2, 0.25) is 0 Å². The van der Waals surface area contributed by atoms with Crippen LogP contribution in [0.5, 0.6) is 0 Å². The van der Waals surface area contributed by atoms with Gasteiger partial charge in [0.05, 0.1) is 12.7 Å². The zero-order valence-corrected chi connectivity index (χ0v) is 11.9. The molecule has 0 radical (unpaired) electrons. The van der Waals surface area contributed by atoms with Gasteiger partial charge in [-0.05, 0) is 18.2 Å². The number of ether oxygens (including phenoxy) is 1. The minimum absolute atomic E-state index is 0. The summed E-state index contributed by atoms with van der Waals surface area (Å²) in [5.41, 5.74) is 1.83. The van der Waals surface area contributed by atoms with Crippen molar-refractivity contribution in [2.24, 2.45) is 0 Å². The first-order valence-corrected chi connectivity index (χ1v) is 6.22. The lowest BCUT2D eigenvalue weighted by molar-refractivity contribution is 0.0601. The largest absolute Gasteiger partial charge is 0.465 e. The SMILES string of the molecule is COC(=O)c1ccc2nc(N3CCNCC3)oc2c1.Cl. The molecule has 1 aliphatic heterocycles. The van der Waals surface area contributed by atoms with Gasteiger partial charge in [-0.1, -0.05) is 0 Å². The van der Waals surface area contributed by atoms with Crippen molar-refractivity contribution < 1.29 is 13.9 Å². The van der Waals surface area contributed by atoms with Crippen molar-refractivity contribution in [1.82, 2.24) is 10.3 Å². The van der Waals surface area contributed by atoms with Crippen molar-refractivity contribution in [1.29, 1.82) is 0 Å². The monoisotopic (exact) mass is 297 g/mol. The zero-order chi connectivity index (χ0) is 13.2. The Kier molecular flexibility index (Phi) is 4.46. The molecular formula is C13H16ClN3O3. The average molecular weight is 298 g/mol. The van der Waals surface area contributed by atoms with Crippen molar-refractivity contribution in [3.8, 4) is 0 Å². The average Bonchev–Trinajstić information content (AvgIpc) is 2.90. The standard InChI is InChI=1S/C13H15N3O3.ClH/c1-18-12(17)9-2-3-10-11(8-9)19-13(15-10)16-6-4-14-5-7-16;/h2-3,8,14H,4-7H2,1H3;1H. The number of esters is 1. The molecule has 108 valence electrons. The molecule has 0 bridgehead atoms. The summed E-state index contributed by atoms with van der Waals surface area (Å²) in [7, 11) is 1.36. The quantitative estimate of drug-likeness (QED) is 0.846. The third-order valence-corrected chi connectivity index (χ3v) is 3.19. The van der Waals surface area contributed by atoms with E-state index in [1.54, 1.807) is 18.2 Å². The van der Waals surface area contributed by atoms with Crippen LogP contribution in [-0.2, 0) is 4.74 Å². The Morgan fingerprint density at radius 3 is 2.85 bits per heavy atom. The Hall–Kier alpha value is -1.79. The van der Waals surface area contributed by atoms with Gasteiger partial charge < -0.3 is 19.4 Å². The summed E-state index contributed by atoms with van der Waals surface area (Å²) in [5, 5.41) is 3.28. The van der Waals surface area contributed by atoms with E-state index >= 15 is 0 Å². The first-order valence-electron chi connectivity index (χ1n) is 6.22. The van der Waals surface area contributed by atoms with Crippen molar-refractivity contribution in [2.45, 2.75) is 0 Å². The molecule has 2 aromatic rings. The lowest BCUT2D eigenvalue weighted by atomic mass is 10.2. The van der Waals surface area contributed by atoms with E-state index in [4.69, 9.17) is 4.42 Å². The molecule has 0 atom stereocenters.